The zero-order chi connectivity index (χ0) is 10.4. The van der Waals surface area contributed by atoms with Crippen molar-refractivity contribution < 1.29 is 9.90 Å². The van der Waals surface area contributed by atoms with E-state index in [1.54, 1.807) is 24.3 Å². The molecule has 4 nitrogen and oxygen atoms in total. The molecule has 1 amide bonds. The van der Waals surface area contributed by atoms with Crippen LogP contribution in [0, 0.1) is 0 Å². The minimum absolute atomic E-state index is 0.0643. The molecule has 0 heterocycles. The molecule has 0 aromatic heterocycles. The average molecular weight is 192 g/mol. The summed E-state index contributed by atoms with van der Waals surface area (Å²) in [7, 11) is 0. The van der Waals surface area contributed by atoms with Crippen LogP contribution < -0.4 is 5.32 Å². The van der Waals surface area contributed by atoms with Gasteiger partial charge in [0.05, 0.1) is 12.3 Å². The van der Waals surface area contributed by atoms with Crippen LogP contribution in [0.1, 0.15) is 10.4 Å². The van der Waals surface area contributed by atoms with E-state index in [-0.39, 0.29) is 19.1 Å². The highest BCUT2D eigenvalue weighted by atomic mass is 16.3. The lowest BCUT2D eigenvalue weighted by Gasteiger charge is -2.03. The third-order valence-corrected chi connectivity index (χ3v) is 1.69. The number of nitrogens with zero attached hydrogens (tertiary/aromatic N) is 1. The number of carbonyl (C=O) groups is 1. The second kappa shape index (κ2) is 5.14. The van der Waals surface area contributed by atoms with Crippen LogP contribution >= 0.6 is 0 Å². The molecule has 0 atom stereocenters. The Balaban J connectivity index is 2.74. The van der Waals surface area contributed by atoms with Gasteiger partial charge in [-0.05, 0) is 24.9 Å². The summed E-state index contributed by atoms with van der Waals surface area (Å²) in [5.74, 6) is -0.218. The van der Waals surface area contributed by atoms with Gasteiger partial charge >= 0.3 is 0 Å². The van der Waals surface area contributed by atoms with Gasteiger partial charge in [-0.25, -0.2) is 0 Å². The number of nitrogens with one attached hydrogen (secondary N) is 1. The highest BCUT2D eigenvalue weighted by Crippen LogP contribution is 2.12. The van der Waals surface area contributed by atoms with Crippen LogP contribution in [0.25, 0.3) is 0 Å². The van der Waals surface area contributed by atoms with Gasteiger partial charge < -0.3 is 10.4 Å². The molecule has 0 aliphatic rings. The van der Waals surface area contributed by atoms with Gasteiger partial charge in [-0.15, -0.1) is 0 Å². The zero-order valence-corrected chi connectivity index (χ0v) is 7.73. The van der Waals surface area contributed by atoms with Crippen molar-refractivity contribution in [3.63, 3.8) is 0 Å². The van der Waals surface area contributed by atoms with Crippen molar-refractivity contribution in [2.75, 3.05) is 13.2 Å². The molecule has 0 unspecified atom stereocenters. The number of amides is 1. The Hall–Kier alpha value is -1.68. The third-order valence-electron chi connectivity index (χ3n) is 1.69. The first-order valence-electron chi connectivity index (χ1n) is 4.24. The van der Waals surface area contributed by atoms with Crippen LogP contribution in [-0.4, -0.2) is 30.9 Å². The molecule has 0 fully saturated rings. The number of rotatable bonds is 4. The molecule has 4 heteroatoms. The topological polar surface area (TPSA) is 61.7 Å². The minimum atomic E-state index is -0.218. The molecule has 0 saturated carbocycles. The maximum atomic E-state index is 11.4. The highest BCUT2D eigenvalue weighted by Gasteiger charge is 2.03. The summed E-state index contributed by atoms with van der Waals surface area (Å²) < 4.78 is 0. The van der Waals surface area contributed by atoms with Crippen molar-refractivity contribution in [2.45, 2.75) is 0 Å². The predicted molar refractivity (Wildman–Crippen MR) is 55.1 cm³/mol. The van der Waals surface area contributed by atoms with E-state index in [0.717, 1.165) is 0 Å². The zero-order valence-electron chi connectivity index (χ0n) is 7.73. The van der Waals surface area contributed by atoms with Gasteiger partial charge in [-0.2, -0.15) is 0 Å². The van der Waals surface area contributed by atoms with Gasteiger partial charge in [-0.3, -0.25) is 9.79 Å². The molecule has 0 bridgehead atoms. The molecule has 0 aliphatic carbocycles. The van der Waals surface area contributed by atoms with Gasteiger partial charge in [0.1, 0.15) is 0 Å². The second-order valence-electron chi connectivity index (χ2n) is 2.69. The number of carbonyl (C=O) groups excluding carboxylic acids is 1. The molecule has 0 aliphatic heterocycles. The lowest BCUT2D eigenvalue weighted by Crippen LogP contribution is -2.26. The number of hydrogen-bond acceptors (Lipinski definition) is 3. The maximum Gasteiger partial charge on any atom is 0.251 e. The van der Waals surface area contributed by atoms with Gasteiger partial charge in [-0.1, -0.05) is 6.07 Å². The first-order valence-corrected chi connectivity index (χ1v) is 4.24. The summed E-state index contributed by atoms with van der Waals surface area (Å²) in [4.78, 5) is 15.1. The van der Waals surface area contributed by atoms with Crippen LogP contribution in [0.15, 0.2) is 29.3 Å². The van der Waals surface area contributed by atoms with E-state index in [4.69, 9.17) is 5.11 Å². The number of aliphatic imine (C=N–C) groups is 1. The standard InChI is InChI=1S/C10H12N2O2/c1-11-9-4-2-3-8(7-9)10(14)12-5-6-13/h2-4,7,13H,1,5-6H2,(H,12,14). The van der Waals surface area contributed by atoms with E-state index in [1.165, 1.54) is 0 Å². The Morgan fingerprint density at radius 2 is 2.36 bits per heavy atom. The lowest BCUT2D eigenvalue weighted by molar-refractivity contribution is 0.0945. The smallest absolute Gasteiger partial charge is 0.251 e. The molecule has 1 aromatic carbocycles. The molecule has 74 valence electrons. The second-order valence-corrected chi connectivity index (χ2v) is 2.69. The molecule has 0 saturated heterocycles. The first kappa shape index (κ1) is 10.4. The summed E-state index contributed by atoms with van der Waals surface area (Å²) in [6.45, 7) is 3.56. The number of aliphatic hydroxyl groups excluding tert-OH is 1. The van der Waals surface area contributed by atoms with Crippen molar-refractivity contribution in [3.05, 3.63) is 29.8 Å². The fourth-order valence-electron chi connectivity index (χ4n) is 1.02. The molecule has 14 heavy (non-hydrogen) atoms. The quantitative estimate of drug-likeness (QED) is 0.691. The number of hydrogen-bond donors (Lipinski definition) is 2. The lowest BCUT2D eigenvalue weighted by atomic mass is 10.2. The Kier molecular flexibility index (Phi) is 3.82. The first-order chi connectivity index (χ1) is 6.77. The van der Waals surface area contributed by atoms with E-state index in [2.05, 4.69) is 17.0 Å². The van der Waals surface area contributed by atoms with Crippen molar-refractivity contribution in [1.29, 1.82) is 0 Å². The molecular weight excluding hydrogens is 180 g/mol. The van der Waals surface area contributed by atoms with Crippen molar-refractivity contribution in [3.8, 4) is 0 Å². The molecule has 2 N–H and O–H groups in total. The fourth-order valence-corrected chi connectivity index (χ4v) is 1.02. The summed E-state index contributed by atoms with van der Waals surface area (Å²) in [6.07, 6.45) is 0. The van der Waals surface area contributed by atoms with Crippen LogP contribution in [0.2, 0.25) is 0 Å². The SMILES string of the molecule is C=Nc1cccc(C(=O)NCCO)c1. The molecule has 1 rings (SSSR count). The minimum Gasteiger partial charge on any atom is -0.395 e. The van der Waals surface area contributed by atoms with E-state index in [9.17, 15) is 4.79 Å². The predicted octanol–water partition coefficient (Wildman–Crippen LogP) is 0.741. The van der Waals surface area contributed by atoms with Gasteiger partial charge in [0, 0.05) is 12.1 Å². The number of aliphatic hydroxyl groups is 1. The Labute approximate surface area is 82.3 Å². The van der Waals surface area contributed by atoms with E-state index < -0.39 is 0 Å². The van der Waals surface area contributed by atoms with Gasteiger partial charge in [0.15, 0.2) is 0 Å². The fraction of sp³-hybridized carbons (Fsp3) is 0.200. The Bertz CT molecular complexity index is 337. The van der Waals surface area contributed by atoms with Gasteiger partial charge in [0.25, 0.3) is 5.91 Å². The monoisotopic (exact) mass is 192 g/mol. The van der Waals surface area contributed by atoms with Crippen LogP contribution in [0.5, 0.6) is 0 Å². The van der Waals surface area contributed by atoms with Crippen LogP contribution in [-0.2, 0) is 0 Å². The van der Waals surface area contributed by atoms with Crippen molar-refractivity contribution in [1.82, 2.24) is 5.32 Å². The molecular formula is C10H12N2O2. The van der Waals surface area contributed by atoms with Crippen molar-refractivity contribution in [2.24, 2.45) is 4.99 Å². The van der Waals surface area contributed by atoms with E-state index in [0.29, 0.717) is 11.3 Å². The average Bonchev–Trinajstić information content (AvgIpc) is 2.26. The Morgan fingerprint density at radius 3 is 3.00 bits per heavy atom. The number of benzene rings is 1. The van der Waals surface area contributed by atoms with E-state index in [1.807, 2.05) is 0 Å². The summed E-state index contributed by atoms with van der Waals surface area (Å²) in [6, 6.07) is 6.81. The maximum absolute atomic E-state index is 11.4. The highest BCUT2D eigenvalue weighted by molar-refractivity contribution is 5.94. The van der Waals surface area contributed by atoms with Gasteiger partial charge in [0.2, 0.25) is 0 Å². The molecule has 0 spiro atoms. The summed E-state index contributed by atoms with van der Waals surface area (Å²) in [5.41, 5.74) is 1.17. The van der Waals surface area contributed by atoms with E-state index >= 15 is 0 Å². The van der Waals surface area contributed by atoms with Crippen LogP contribution in [0.4, 0.5) is 5.69 Å². The molecule has 1 aromatic rings. The normalized spacial score (nSPS) is 9.50. The van der Waals surface area contributed by atoms with Crippen LogP contribution in [0.3, 0.4) is 0 Å². The largest absolute Gasteiger partial charge is 0.395 e. The third kappa shape index (κ3) is 2.67. The van der Waals surface area contributed by atoms with Crippen molar-refractivity contribution >= 4 is 18.3 Å². The summed E-state index contributed by atoms with van der Waals surface area (Å²) in [5, 5.41) is 11.1. The molecule has 0 radical (unpaired) electrons. The Morgan fingerprint density at radius 1 is 1.57 bits per heavy atom. The summed E-state index contributed by atoms with van der Waals surface area (Å²) >= 11 is 0.